The van der Waals surface area contributed by atoms with E-state index in [4.69, 9.17) is 4.74 Å². The Bertz CT molecular complexity index is 777. The molecule has 1 aromatic heterocycles. The number of ether oxygens (including phenoxy) is 1. The zero-order valence-electron chi connectivity index (χ0n) is 16.4. The van der Waals surface area contributed by atoms with E-state index in [0.29, 0.717) is 32.5 Å². The number of nitrogens with one attached hydrogen (secondary N) is 1. The molecule has 0 spiro atoms. The molecule has 6 heteroatoms. The van der Waals surface area contributed by atoms with Gasteiger partial charge in [-0.3, -0.25) is 4.98 Å². The number of rotatable bonds is 6. The zero-order chi connectivity index (χ0) is 20.3. The third kappa shape index (κ3) is 5.11. The number of hydrogen-bond acceptors (Lipinski definition) is 3. The van der Waals surface area contributed by atoms with Crippen LogP contribution in [-0.4, -0.2) is 23.7 Å². The molecule has 0 unspecified atom stereocenters. The highest BCUT2D eigenvalue weighted by Gasteiger charge is 2.42. The molecule has 1 aromatic carbocycles. The lowest BCUT2D eigenvalue weighted by atomic mass is 9.67. The largest absolute Gasteiger partial charge is 0.416 e. The minimum absolute atomic E-state index is 0.347. The molecule has 28 heavy (non-hydrogen) atoms. The molecule has 1 aliphatic heterocycles. The van der Waals surface area contributed by atoms with Crippen molar-refractivity contribution in [2.75, 3.05) is 13.2 Å². The van der Waals surface area contributed by atoms with Gasteiger partial charge in [-0.25, -0.2) is 0 Å². The molecule has 0 radical (unpaired) electrons. The van der Waals surface area contributed by atoms with Crippen LogP contribution in [0.5, 0.6) is 0 Å². The summed E-state index contributed by atoms with van der Waals surface area (Å²) in [6, 6.07) is 11.6. The number of halogens is 3. The first-order valence-electron chi connectivity index (χ1n) is 9.63. The highest BCUT2D eigenvalue weighted by atomic mass is 19.4. The molecule has 0 amide bonds. The van der Waals surface area contributed by atoms with Crippen LogP contribution in [0.2, 0.25) is 0 Å². The molecule has 3 nitrogen and oxygen atoms in total. The minimum Gasteiger partial charge on any atom is -0.376 e. The van der Waals surface area contributed by atoms with Crippen molar-refractivity contribution in [2.24, 2.45) is 0 Å². The van der Waals surface area contributed by atoms with Crippen LogP contribution in [-0.2, 0) is 22.9 Å². The van der Waals surface area contributed by atoms with E-state index >= 15 is 0 Å². The Hall–Kier alpha value is -1.92. The second kappa shape index (κ2) is 8.21. The van der Waals surface area contributed by atoms with E-state index in [1.165, 1.54) is 12.1 Å². The normalized spacial score (nSPS) is 22.2. The van der Waals surface area contributed by atoms with E-state index in [1.807, 2.05) is 38.1 Å². The van der Waals surface area contributed by atoms with Crippen molar-refractivity contribution in [3.05, 3.63) is 65.5 Å². The predicted molar refractivity (Wildman–Crippen MR) is 103 cm³/mol. The summed E-state index contributed by atoms with van der Waals surface area (Å²) in [5, 5.41) is 3.39. The van der Waals surface area contributed by atoms with E-state index in [9.17, 15) is 13.2 Å². The SMILES string of the molecule is CC1(C)C[C@](CCNCc2ccccn2)(c2cccc(C(F)(F)F)c2)CCO1. The summed E-state index contributed by atoms with van der Waals surface area (Å²) in [6.45, 7) is 5.90. The number of pyridine rings is 1. The fraction of sp³-hybridized carbons (Fsp3) is 0.500. The average molecular weight is 392 g/mol. The standard InChI is InChI=1S/C22H27F3N2O/c1-20(2)16-21(10-13-28-20,9-12-26-15-19-8-3-4-11-27-19)17-6-5-7-18(14-17)22(23,24)25/h3-8,11,14,26H,9-10,12-13,15-16H2,1-2H3/t21-/m1/s1. The quantitative estimate of drug-likeness (QED) is 0.694. The van der Waals surface area contributed by atoms with Crippen LogP contribution in [0.4, 0.5) is 13.2 Å². The van der Waals surface area contributed by atoms with Crippen LogP contribution < -0.4 is 5.32 Å². The van der Waals surface area contributed by atoms with Crippen molar-refractivity contribution < 1.29 is 17.9 Å². The van der Waals surface area contributed by atoms with Gasteiger partial charge in [-0.2, -0.15) is 13.2 Å². The highest BCUT2D eigenvalue weighted by Crippen LogP contribution is 2.45. The molecule has 2 heterocycles. The van der Waals surface area contributed by atoms with E-state index in [-0.39, 0.29) is 11.0 Å². The molecule has 0 aliphatic carbocycles. The van der Waals surface area contributed by atoms with Gasteiger partial charge in [0.15, 0.2) is 0 Å². The summed E-state index contributed by atoms with van der Waals surface area (Å²) in [7, 11) is 0. The molecule has 1 saturated heterocycles. The van der Waals surface area contributed by atoms with Gasteiger partial charge in [0.1, 0.15) is 0 Å². The van der Waals surface area contributed by atoms with Crippen LogP contribution in [0.25, 0.3) is 0 Å². The Labute approximate surface area is 164 Å². The molecule has 3 rings (SSSR count). The van der Waals surface area contributed by atoms with E-state index in [0.717, 1.165) is 23.7 Å². The number of alkyl halides is 3. The number of nitrogens with zero attached hydrogens (tertiary/aromatic N) is 1. The Morgan fingerprint density at radius 3 is 2.64 bits per heavy atom. The van der Waals surface area contributed by atoms with Gasteiger partial charge in [-0.15, -0.1) is 0 Å². The van der Waals surface area contributed by atoms with Gasteiger partial charge in [-0.05, 0) is 63.4 Å². The third-order valence-corrected chi connectivity index (χ3v) is 5.45. The van der Waals surface area contributed by atoms with Gasteiger partial charge in [0.05, 0.1) is 16.9 Å². The van der Waals surface area contributed by atoms with Crippen molar-refractivity contribution in [1.29, 1.82) is 0 Å². The van der Waals surface area contributed by atoms with Crippen molar-refractivity contribution in [1.82, 2.24) is 10.3 Å². The maximum Gasteiger partial charge on any atom is 0.416 e. The maximum absolute atomic E-state index is 13.3. The second-order valence-electron chi connectivity index (χ2n) is 8.14. The van der Waals surface area contributed by atoms with E-state index < -0.39 is 11.7 Å². The lowest BCUT2D eigenvalue weighted by Crippen LogP contribution is -2.45. The Morgan fingerprint density at radius 2 is 1.96 bits per heavy atom. The predicted octanol–water partition coefficient (Wildman–Crippen LogP) is 5.11. The van der Waals surface area contributed by atoms with Crippen LogP contribution in [0.1, 0.15) is 49.9 Å². The average Bonchev–Trinajstić information content (AvgIpc) is 2.65. The molecular formula is C22H27F3N2O. The van der Waals surface area contributed by atoms with Gasteiger partial charge in [0.2, 0.25) is 0 Å². The van der Waals surface area contributed by atoms with Crippen molar-refractivity contribution in [3.63, 3.8) is 0 Å². The lowest BCUT2D eigenvalue weighted by Gasteiger charge is -2.45. The second-order valence-corrected chi connectivity index (χ2v) is 8.14. The Balaban J connectivity index is 1.78. The molecule has 1 N–H and O–H groups in total. The summed E-state index contributed by atoms with van der Waals surface area (Å²) in [6.07, 6.45) is -0.444. The van der Waals surface area contributed by atoms with Gasteiger partial charge in [0, 0.05) is 24.8 Å². The Morgan fingerprint density at radius 1 is 1.14 bits per heavy atom. The number of hydrogen-bond donors (Lipinski definition) is 1. The van der Waals surface area contributed by atoms with Crippen LogP contribution >= 0.6 is 0 Å². The summed E-state index contributed by atoms with van der Waals surface area (Å²) >= 11 is 0. The zero-order valence-corrected chi connectivity index (χ0v) is 16.4. The monoisotopic (exact) mass is 392 g/mol. The third-order valence-electron chi connectivity index (χ3n) is 5.45. The summed E-state index contributed by atoms with van der Waals surface area (Å²) in [5.74, 6) is 0. The van der Waals surface area contributed by atoms with Crippen molar-refractivity contribution in [3.8, 4) is 0 Å². The van der Waals surface area contributed by atoms with Gasteiger partial charge in [-0.1, -0.05) is 24.3 Å². The molecule has 2 aromatic rings. The number of benzene rings is 1. The number of aromatic nitrogens is 1. The summed E-state index contributed by atoms with van der Waals surface area (Å²) < 4.78 is 45.6. The lowest BCUT2D eigenvalue weighted by molar-refractivity contribution is -0.137. The molecule has 152 valence electrons. The fourth-order valence-corrected chi connectivity index (χ4v) is 4.15. The first-order chi connectivity index (χ1) is 13.2. The summed E-state index contributed by atoms with van der Waals surface area (Å²) in [4.78, 5) is 4.29. The van der Waals surface area contributed by atoms with Gasteiger partial charge in [0.25, 0.3) is 0 Å². The first kappa shape index (κ1) is 20.8. The highest BCUT2D eigenvalue weighted by molar-refractivity contribution is 5.33. The van der Waals surface area contributed by atoms with Gasteiger partial charge < -0.3 is 10.1 Å². The first-order valence-corrected chi connectivity index (χ1v) is 9.63. The molecule has 1 atom stereocenters. The Kier molecular flexibility index (Phi) is 6.10. The van der Waals surface area contributed by atoms with Crippen molar-refractivity contribution >= 4 is 0 Å². The maximum atomic E-state index is 13.3. The van der Waals surface area contributed by atoms with E-state index in [1.54, 1.807) is 6.20 Å². The fourth-order valence-electron chi connectivity index (χ4n) is 4.15. The van der Waals surface area contributed by atoms with Crippen molar-refractivity contribution in [2.45, 2.75) is 56.8 Å². The molecule has 0 saturated carbocycles. The molecular weight excluding hydrogens is 365 g/mol. The molecule has 1 aliphatic rings. The van der Waals surface area contributed by atoms with E-state index in [2.05, 4.69) is 10.3 Å². The summed E-state index contributed by atoms with van der Waals surface area (Å²) in [5.41, 5.74) is 0.393. The van der Waals surface area contributed by atoms with Crippen LogP contribution in [0.3, 0.4) is 0 Å². The smallest absolute Gasteiger partial charge is 0.376 e. The van der Waals surface area contributed by atoms with Crippen LogP contribution in [0.15, 0.2) is 48.7 Å². The minimum atomic E-state index is -4.34. The van der Waals surface area contributed by atoms with Gasteiger partial charge >= 0.3 is 6.18 Å². The topological polar surface area (TPSA) is 34.2 Å². The van der Waals surface area contributed by atoms with Crippen LogP contribution in [0, 0.1) is 0 Å². The molecule has 0 bridgehead atoms. The molecule has 1 fully saturated rings.